The van der Waals surface area contributed by atoms with Crippen molar-refractivity contribution in [1.29, 1.82) is 0 Å². The van der Waals surface area contributed by atoms with Crippen LogP contribution in [-0.2, 0) is 6.54 Å². The molecule has 0 spiro atoms. The molecule has 2 heteroatoms. The Labute approximate surface area is 74.3 Å². The third-order valence-electron chi connectivity index (χ3n) is 1.95. The number of fused-ring (bicyclic) bond motifs is 1. The third-order valence-corrected chi connectivity index (χ3v) is 2.41. The van der Waals surface area contributed by atoms with Gasteiger partial charge in [-0.1, -0.05) is 15.9 Å². The predicted octanol–water partition coefficient (Wildman–Crippen LogP) is 2.69. The van der Waals surface area contributed by atoms with E-state index in [-0.39, 0.29) is 0 Å². The third kappa shape index (κ3) is 1.11. The van der Waals surface area contributed by atoms with E-state index in [4.69, 9.17) is 0 Å². The lowest BCUT2D eigenvalue weighted by Crippen LogP contribution is -1.88. The van der Waals surface area contributed by atoms with Gasteiger partial charge in [0.25, 0.3) is 0 Å². The smallest absolute Gasteiger partial charge is 0.0648 e. The summed E-state index contributed by atoms with van der Waals surface area (Å²) in [6.07, 6.45) is 1.94. The van der Waals surface area contributed by atoms with Crippen molar-refractivity contribution in [3.8, 4) is 0 Å². The van der Waals surface area contributed by atoms with Crippen molar-refractivity contribution in [2.24, 2.45) is 4.99 Å². The Bertz CT molecular complexity index is 329. The molecule has 1 aromatic rings. The van der Waals surface area contributed by atoms with Crippen LogP contribution in [0.5, 0.6) is 0 Å². The fourth-order valence-electron chi connectivity index (χ4n) is 1.37. The van der Waals surface area contributed by atoms with Crippen molar-refractivity contribution >= 4 is 22.1 Å². The Balaban J connectivity index is 2.66. The molecular weight excluding hydrogens is 202 g/mol. The zero-order chi connectivity index (χ0) is 7.84. The van der Waals surface area contributed by atoms with E-state index in [0.29, 0.717) is 0 Å². The number of nitrogens with zero attached hydrogens (tertiary/aromatic N) is 1. The van der Waals surface area contributed by atoms with Gasteiger partial charge in [0.05, 0.1) is 6.54 Å². The molecule has 0 N–H and O–H groups in total. The normalized spacial score (nSPS) is 13.6. The van der Waals surface area contributed by atoms with Crippen LogP contribution in [0.3, 0.4) is 0 Å². The average Bonchev–Trinajstić information content (AvgIpc) is 2.34. The van der Waals surface area contributed by atoms with Gasteiger partial charge in [-0.25, -0.2) is 0 Å². The molecule has 0 aromatic heterocycles. The van der Waals surface area contributed by atoms with E-state index in [1.165, 1.54) is 16.7 Å². The average molecular weight is 210 g/mol. The molecule has 11 heavy (non-hydrogen) atoms. The highest BCUT2D eigenvalue weighted by Crippen LogP contribution is 2.23. The van der Waals surface area contributed by atoms with Crippen molar-refractivity contribution < 1.29 is 0 Å². The fraction of sp³-hybridized carbons (Fsp3) is 0.222. The maximum Gasteiger partial charge on any atom is 0.0648 e. The highest BCUT2D eigenvalue weighted by molar-refractivity contribution is 9.10. The van der Waals surface area contributed by atoms with Gasteiger partial charge in [0, 0.05) is 10.7 Å². The largest absolute Gasteiger partial charge is 0.288 e. The van der Waals surface area contributed by atoms with Gasteiger partial charge >= 0.3 is 0 Å². The fourth-order valence-corrected chi connectivity index (χ4v) is 1.96. The molecule has 0 saturated carbocycles. The van der Waals surface area contributed by atoms with Crippen LogP contribution in [0.2, 0.25) is 0 Å². The van der Waals surface area contributed by atoms with Gasteiger partial charge in [-0.2, -0.15) is 0 Å². The molecule has 0 saturated heterocycles. The summed E-state index contributed by atoms with van der Waals surface area (Å²) in [5.74, 6) is 0. The molecular formula is C9H8BrN. The van der Waals surface area contributed by atoms with Crippen LogP contribution in [-0.4, -0.2) is 6.21 Å². The number of benzene rings is 1. The van der Waals surface area contributed by atoms with Gasteiger partial charge in [0.1, 0.15) is 0 Å². The van der Waals surface area contributed by atoms with E-state index < -0.39 is 0 Å². The predicted molar refractivity (Wildman–Crippen MR) is 50.2 cm³/mol. The molecule has 0 radical (unpaired) electrons. The molecule has 0 amide bonds. The molecule has 1 aliphatic rings. The summed E-state index contributed by atoms with van der Waals surface area (Å²) in [5.41, 5.74) is 3.96. The molecule has 1 aromatic carbocycles. The van der Waals surface area contributed by atoms with Gasteiger partial charge in [0.2, 0.25) is 0 Å². The Morgan fingerprint density at radius 3 is 3.09 bits per heavy atom. The summed E-state index contributed by atoms with van der Waals surface area (Å²) >= 11 is 3.45. The maximum absolute atomic E-state index is 4.21. The van der Waals surface area contributed by atoms with E-state index in [9.17, 15) is 0 Å². The molecule has 0 atom stereocenters. The van der Waals surface area contributed by atoms with Crippen LogP contribution >= 0.6 is 15.9 Å². The first-order chi connectivity index (χ1) is 5.27. The van der Waals surface area contributed by atoms with Gasteiger partial charge < -0.3 is 0 Å². The van der Waals surface area contributed by atoms with E-state index in [0.717, 1.165) is 11.0 Å². The number of aliphatic imine (C=N–C) groups is 1. The van der Waals surface area contributed by atoms with Gasteiger partial charge in [-0.15, -0.1) is 0 Å². The number of hydrogen-bond acceptors (Lipinski definition) is 1. The molecule has 1 heterocycles. The van der Waals surface area contributed by atoms with Crippen LogP contribution in [0, 0.1) is 6.92 Å². The van der Waals surface area contributed by atoms with Crippen molar-refractivity contribution in [2.45, 2.75) is 13.5 Å². The van der Waals surface area contributed by atoms with Gasteiger partial charge in [0.15, 0.2) is 0 Å². The maximum atomic E-state index is 4.21. The molecule has 2 rings (SSSR count). The first-order valence-corrected chi connectivity index (χ1v) is 4.35. The van der Waals surface area contributed by atoms with Crippen molar-refractivity contribution in [1.82, 2.24) is 0 Å². The lowest BCUT2D eigenvalue weighted by molar-refractivity contribution is 1.09. The Kier molecular flexibility index (Phi) is 1.57. The summed E-state index contributed by atoms with van der Waals surface area (Å²) in [4.78, 5) is 4.21. The van der Waals surface area contributed by atoms with Crippen molar-refractivity contribution in [3.63, 3.8) is 0 Å². The zero-order valence-electron chi connectivity index (χ0n) is 6.26. The highest BCUT2D eigenvalue weighted by Gasteiger charge is 2.08. The minimum Gasteiger partial charge on any atom is -0.288 e. The van der Waals surface area contributed by atoms with E-state index in [1.54, 1.807) is 0 Å². The molecule has 0 bridgehead atoms. The van der Waals surface area contributed by atoms with Crippen molar-refractivity contribution in [3.05, 3.63) is 33.3 Å². The van der Waals surface area contributed by atoms with Crippen molar-refractivity contribution in [2.75, 3.05) is 0 Å². The van der Waals surface area contributed by atoms with Gasteiger partial charge in [-0.3, -0.25) is 4.99 Å². The topological polar surface area (TPSA) is 12.4 Å². The second kappa shape index (κ2) is 2.45. The Hall–Kier alpha value is -0.630. The number of halogens is 1. The zero-order valence-corrected chi connectivity index (χ0v) is 7.85. The number of aryl methyl sites for hydroxylation is 1. The minimum absolute atomic E-state index is 0.856. The quantitative estimate of drug-likeness (QED) is 0.624. The lowest BCUT2D eigenvalue weighted by atomic mass is 10.1. The van der Waals surface area contributed by atoms with Gasteiger partial charge in [-0.05, 0) is 35.7 Å². The van der Waals surface area contributed by atoms with E-state index in [2.05, 4.69) is 40.0 Å². The Morgan fingerprint density at radius 1 is 1.45 bits per heavy atom. The monoisotopic (exact) mass is 209 g/mol. The number of rotatable bonds is 0. The molecule has 56 valence electrons. The number of hydrogen-bond donors (Lipinski definition) is 0. The molecule has 1 aliphatic heterocycles. The van der Waals surface area contributed by atoms with Crippen LogP contribution in [0.25, 0.3) is 0 Å². The van der Waals surface area contributed by atoms with E-state index in [1.807, 2.05) is 6.21 Å². The van der Waals surface area contributed by atoms with Crippen LogP contribution in [0.4, 0.5) is 0 Å². The first-order valence-electron chi connectivity index (χ1n) is 3.56. The summed E-state index contributed by atoms with van der Waals surface area (Å²) in [6.45, 7) is 2.98. The standard InChI is InChI=1S/C9H8BrN/c1-6-2-8(10)3-7-4-11-5-9(6)7/h2-4H,5H2,1H3. The highest BCUT2D eigenvalue weighted by atomic mass is 79.9. The molecule has 0 fully saturated rings. The molecule has 1 nitrogen and oxygen atoms in total. The van der Waals surface area contributed by atoms with E-state index >= 15 is 0 Å². The summed E-state index contributed by atoms with van der Waals surface area (Å²) < 4.78 is 1.14. The van der Waals surface area contributed by atoms with Crippen LogP contribution in [0.15, 0.2) is 21.6 Å². The molecule has 0 unspecified atom stereocenters. The summed E-state index contributed by atoms with van der Waals surface area (Å²) in [7, 11) is 0. The SMILES string of the molecule is Cc1cc(Br)cc2c1CN=C2. The first kappa shape index (κ1) is 7.04. The minimum atomic E-state index is 0.856. The summed E-state index contributed by atoms with van der Waals surface area (Å²) in [6, 6.07) is 4.24. The molecule has 0 aliphatic carbocycles. The van der Waals surface area contributed by atoms with Crippen LogP contribution < -0.4 is 0 Å². The summed E-state index contributed by atoms with van der Waals surface area (Å²) in [5, 5.41) is 0. The second-order valence-corrected chi connectivity index (χ2v) is 3.68. The Morgan fingerprint density at radius 2 is 2.27 bits per heavy atom. The van der Waals surface area contributed by atoms with Crippen LogP contribution in [0.1, 0.15) is 16.7 Å². The lowest BCUT2D eigenvalue weighted by Gasteiger charge is -2.02. The second-order valence-electron chi connectivity index (χ2n) is 2.76.